The minimum atomic E-state index is 0.129. The number of nitrogens with one attached hydrogen (secondary N) is 2. The smallest absolute Gasteiger partial charge is 0.220 e. The van der Waals surface area contributed by atoms with Gasteiger partial charge in [-0.15, -0.1) is 0 Å². The van der Waals surface area contributed by atoms with Crippen molar-refractivity contribution in [2.75, 3.05) is 13.1 Å². The normalized spacial score (nSPS) is 10.9. The molecule has 1 rings (SSSR count). The average molecular weight is 252 g/mol. The van der Waals surface area contributed by atoms with Crippen molar-refractivity contribution >= 4 is 5.91 Å². The molecule has 18 heavy (non-hydrogen) atoms. The maximum atomic E-state index is 11.5. The van der Waals surface area contributed by atoms with E-state index in [9.17, 15) is 4.79 Å². The molecule has 0 atom stereocenters. The van der Waals surface area contributed by atoms with Gasteiger partial charge in [0.1, 0.15) is 0 Å². The van der Waals surface area contributed by atoms with E-state index in [4.69, 9.17) is 0 Å². The minimum Gasteiger partial charge on any atom is -0.356 e. The van der Waals surface area contributed by atoms with Crippen LogP contribution in [0.1, 0.15) is 32.3 Å². The fourth-order valence-corrected chi connectivity index (χ4v) is 1.68. The Hall–Kier alpha value is -1.36. The van der Waals surface area contributed by atoms with E-state index < -0.39 is 0 Å². The molecule has 0 bridgehead atoms. The molecule has 5 nitrogen and oxygen atoms in total. The summed E-state index contributed by atoms with van der Waals surface area (Å²) in [6.07, 6.45) is 6.12. The molecule has 0 radical (unpaired) electrons. The fourth-order valence-electron chi connectivity index (χ4n) is 1.68. The lowest BCUT2D eigenvalue weighted by molar-refractivity contribution is -0.121. The maximum Gasteiger partial charge on any atom is 0.220 e. The van der Waals surface area contributed by atoms with Crippen molar-refractivity contribution in [3.63, 3.8) is 0 Å². The highest BCUT2D eigenvalue weighted by atomic mass is 16.1. The van der Waals surface area contributed by atoms with Gasteiger partial charge in [-0.1, -0.05) is 13.8 Å². The van der Waals surface area contributed by atoms with E-state index >= 15 is 0 Å². The van der Waals surface area contributed by atoms with Crippen molar-refractivity contribution in [1.29, 1.82) is 0 Å². The van der Waals surface area contributed by atoms with Crippen LogP contribution in [0.4, 0.5) is 0 Å². The molecule has 0 aromatic carbocycles. The first-order chi connectivity index (χ1) is 8.58. The summed E-state index contributed by atoms with van der Waals surface area (Å²) >= 11 is 0. The molecule has 2 N–H and O–H groups in total. The third-order valence-corrected chi connectivity index (χ3v) is 2.63. The lowest BCUT2D eigenvalue weighted by Crippen LogP contribution is -2.28. The molecular formula is C13H24N4O. The Labute approximate surface area is 109 Å². The van der Waals surface area contributed by atoms with Crippen LogP contribution in [0.5, 0.6) is 0 Å². The monoisotopic (exact) mass is 252 g/mol. The van der Waals surface area contributed by atoms with Crippen molar-refractivity contribution < 1.29 is 4.79 Å². The number of aromatic nitrogens is 2. The predicted octanol–water partition coefficient (Wildman–Crippen LogP) is 0.857. The molecule has 0 aliphatic carbocycles. The summed E-state index contributed by atoms with van der Waals surface area (Å²) < 4.78 is 1.77. The Morgan fingerprint density at radius 2 is 2.22 bits per heavy atom. The first kappa shape index (κ1) is 14.7. The summed E-state index contributed by atoms with van der Waals surface area (Å²) in [7, 11) is 1.89. The molecule has 0 fully saturated rings. The molecule has 0 aliphatic rings. The van der Waals surface area contributed by atoms with Crippen LogP contribution in [0, 0.1) is 0 Å². The molecular weight excluding hydrogens is 228 g/mol. The van der Waals surface area contributed by atoms with Gasteiger partial charge in [-0.3, -0.25) is 9.48 Å². The van der Waals surface area contributed by atoms with Gasteiger partial charge in [-0.05, 0) is 24.9 Å². The Kier molecular flexibility index (Phi) is 6.43. The Bertz CT molecular complexity index is 360. The van der Waals surface area contributed by atoms with Gasteiger partial charge < -0.3 is 10.6 Å². The summed E-state index contributed by atoms with van der Waals surface area (Å²) in [6, 6.07) is 0.485. The van der Waals surface area contributed by atoms with E-state index in [2.05, 4.69) is 29.6 Å². The number of carbonyl (C=O) groups excluding carboxylic acids is 1. The molecule has 0 saturated carbocycles. The zero-order valence-electron chi connectivity index (χ0n) is 11.6. The van der Waals surface area contributed by atoms with Crippen molar-refractivity contribution in [2.24, 2.45) is 7.05 Å². The topological polar surface area (TPSA) is 59.0 Å². The van der Waals surface area contributed by atoms with Crippen LogP contribution in [0.3, 0.4) is 0 Å². The van der Waals surface area contributed by atoms with Gasteiger partial charge >= 0.3 is 0 Å². The van der Waals surface area contributed by atoms with E-state index in [1.165, 1.54) is 0 Å². The van der Waals surface area contributed by atoms with E-state index in [0.29, 0.717) is 19.0 Å². The molecule has 0 unspecified atom stereocenters. The summed E-state index contributed by atoms with van der Waals surface area (Å²) in [5.74, 6) is 0.129. The summed E-state index contributed by atoms with van der Waals surface area (Å²) in [6.45, 7) is 5.79. The maximum absolute atomic E-state index is 11.5. The second kappa shape index (κ2) is 7.87. The number of aryl methyl sites for hydroxylation is 1. The van der Waals surface area contributed by atoms with Gasteiger partial charge in [-0.25, -0.2) is 0 Å². The summed E-state index contributed by atoms with van der Waals surface area (Å²) in [5, 5.41) is 10.3. The van der Waals surface area contributed by atoms with Crippen LogP contribution in [-0.4, -0.2) is 34.8 Å². The number of hydrogen-bond acceptors (Lipinski definition) is 3. The quantitative estimate of drug-likeness (QED) is 0.675. The number of rotatable bonds is 8. The third-order valence-electron chi connectivity index (χ3n) is 2.63. The Morgan fingerprint density at radius 1 is 1.44 bits per heavy atom. The van der Waals surface area contributed by atoms with E-state index in [0.717, 1.165) is 24.9 Å². The van der Waals surface area contributed by atoms with Gasteiger partial charge in [0.25, 0.3) is 0 Å². The second-order valence-corrected chi connectivity index (χ2v) is 4.83. The van der Waals surface area contributed by atoms with Gasteiger partial charge in [0.05, 0.1) is 6.20 Å². The van der Waals surface area contributed by atoms with Gasteiger partial charge in [0, 0.05) is 32.3 Å². The second-order valence-electron chi connectivity index (χ2n) is 4.83. The Balaban J connectivity index is 2.03. The number of hydrogen-bond donors (Lipinski definition) is 2. The molecule has 0 aliphatic heterocycles. The number of amides is 1. The van der Waals surface area contributed by atoms with E-state index in [-0.39, 0.29) is 5.91 Å². The van der Waals surface area contributed by atoms with Crippen LogP contribution in [0.2, 0.25) is 0 Å². The average Bonchev–Trinajstić information content (AvgIpc) is 2.70. The lowest BCUT2D eigenvalue weighted by atomic mass is 10.2. The molecule has 1 aromatic rings. The number of nitrogens with zero attached hydrogens (tertiary/aromatic N) is 2. The van der Waals surface area contributed by atoms with E-state index in [1.54, 1.807) is 4.68 Å². The highest BCUT2D eigenvalue weighted by Gasteiger charge is 2.02. The van der Waals surface area contributed by atoms with E-state index in [1.807, 2.05) is 19.4 Å². The van der Waals surface area contributed by atoms with Gasteiger partial charge in [0.15, 0.2) is 0 Å². The van der Waals surface area contributed by atoms with Crippen LogP contribution in [0.15, 0.2) is 12.4 Å². The zero-order valence-corrected chi connectivity index (χ0v) is 11.6. The molecule has 1 amide bonds. The predicted molar refractivity (Wildman–Crippen MR) is 72.3 cm³/mol. The molecule has 1 aromatic heterocycles. The molecule has 102 valence electrons. The molecule has 1 heterocycles. The van der Waals surface area contributed by atoms with Crippen molar-refractivity contribution in [1.82, 2.24) is 20.4 Å². The fraction of sp³-hybridized carbons (Fsp3) is 0.692. The molecule has 0 saturated heterocycles. The van der Waals surface area contributed by atoms with Crippen LogP contribution < -0.4 is 10.6 Å². The number of carbonyl (C=O) groups is 1. The minimum absolute atomic E-state index is 0.129. The van der Waals surface area contributed by atoms with Gasteiger partial charge in [-0.2, -0.15) is 5.10 Å². The largest absolute Gasteiger partial charge is 0.356 e. The van der Waals surface area contributed by atoms with Crippen LogP contribution in [0.25, 0.3) is 0 Å². The first-order valence-corrected chi connectivity index (χ1v) is 6.55. The highest BCUT2D eigenvalue weighted by molar-refractivity contribution is 5.75. The first-order valence-electron chi connectivity index (χ1n) is 6.55. The lowest BCUT2D eigenvalue weighted by Gasteiger charge is -2.07. The van der Waals surface area contributed by atoms with Gasteiger partial charge in [0.2, 0.25) is 5.91 Å². The highest BCUT2D eigenvalue weighted by Crippen LogP contribution is 1.96. The summed E-state index contributed by atoms with van der Waals surface area (Å²) in [4.78, 5) is 11.5. The van der Waals surface area contributed by atoms with Crippen LogP contribution >= 0.6 is 0 Å². The SMILES string of the molecule is CC(C)NCCCC(=O)NCCc1cnn(C)c1. The standard InChI is InChI=1S/C13H24N4O/c1-11(2)14-7-4-5-13(18)15-8-6-12-9-16-17(3)10-12/h9-11,14H,4-8H2,1-3H3,(H,15,18). The van der Waals surface area contributed by atoms with Crippen molar-refractivity contribution in [2.45, 2.75) is 39.2 Å². The molecule has 0 spiro atoms. The summed E-state index contributed by atoms with van der Waals surface area (Å²) in [5.41, 5.74) is 1.15. The molecule has 5 heteroatoms. The van der Waals surface area contributed by atoms with Crippen molar-refractivity contribution in [3.05, 3.63) is 18.0 Å². The van der Waals surface area contributed by atoms with Crippen LogP contribution in [-0.2, 0) is 18.3 Å². The zero-order chi connectivity index (χ0) is 13.4. The third kappa shape index (κ3) is 6.39. The van der Waals surface area contributed by atoms with Crippen molar-refractivity contribution in [3.8, 4) is 0 Å². The Morgan fingerprint density at radius 3 is 2.83 bits per heavy atom.